The Balaban J connectivity index is 1.89. The van der Waals surface area contributed by atoms with Crippen molar-refractivity contribution in [2.45, 2.75) is 50.8 Å². The first-order valence-electron chi connectivity index (χ1n) is 6.73. The van der Waals surface area contributed by atoms with E-state index in [0.29, 0.717) is 12.1 Å². The molecule has 0 spiro atoms. The van der Waals surface area contributed by atoms with Crippen LogP contribution in [0.5, 0.6) is 0 Å². The van der Waals surface area contributed by atoms with Gasteiger partial charge in [-0.25, -0.2) is 4.39 Å². The maximum atomic E-state index is 13.6. The second-order valence-electron chi connectivity index (χ2n) is 5.17. The molecule has 0 aliphatic heterocycles. The molecule has 0 aromatic heterocycles. The number of nitrogens with one attached hydrogen (secondary N) is 1. The minimum Gasteiger partial charge on any atom is -0.380 e. The lowest BCUT2D eigenvalue weighted by Gasteiger charge is -2.24. The average molecular weight is 251 g/mol. The molecule has 3 heteroatoms. The van der Waals surface area contributed by atoms with Crippen LogP contribution >= 0.6 is 0 Å². The van der Waals surface area contributed by atoms with Crippen LogP contribution in [0.3, 0.4) is 0 Å². The summed E-state index contributed by atoms with van der Waals surface area (Å²) < 4.78 is 19.0. The van der Waals surface area contributed by atoms with Gasteiger partial charge in [0.25, 0.3) is 0 Å². The average Bonchev–Trinajstić information content (AvgIpc) is 2.79. The summed E-state index contributed by atoms with van der Waals surface area (Å²) in [5.41, 5.74) is 0.782. The molecule has 1 aliphatic rings. The van der Waals surface area contributed by atoms with E-state index in [2.05, 4.69) is 12.2 Å². The van der Waals surface area contributed by atoms with Crippen LogP contribution in [0.15, 0.2) is 24.3 Å². The van der Waals surface area contributed by atoms with Crippen molar-refractivity contribution in [2.75, 3.05) is 7.11 Å². The Kier molecular flexibility index (Phi) is 4.72. The van der Waals surface area contributed by atoms with Gasteiger partial charge in [0.1, 0.15) is 5.82 Å². The molecule has 1 aromatic rings. The Morgan fingerprint density at radius 3 is 2.89 bits per heavy atom. The highest BCUT2D eigenvalue weighted by atomic mass is 19.1. The SMILES string of the molecule is COC1CCCC1NC(C)Cc1ccccc1F. The molecule has 3 atom stereocenters. The number of halogens is 1. The smallest absolute Gasteiger partial charge is 0.126 e. The molecule has 2 nitrogen and oxygen atoms in total. The van der Waals surface area contributed by atoms with Crippen molar-refractivity contribution in [3.63, 3.8) is 0 Å². The third-order valence-electron chi connectivity index (χ3n) is 3.74. The van der Waals surface area contributed by atoms with Crippen molar-refractivity contribution in [1.82, 2.24) is 5.32 Å². The first-order valence-corrected chi connectivity index (χ1v) is 6.73. The lowest BCUT2D eigenvalue weighted by Crippen LogP contribution is -2.42. The zero-order valence-electron chi connectivity index (χ0n) is 11.2. The number of hydrogen-bond acceptors (Lipinski definition) is 2. The van der Waals surface area contributed by atoms with Crippen LogP contribution < -0.4 is 5.32 Å². The lowest BCUT2D eigenvalue weighted by atomic mass is 10.0. The third-order valence-corrected chi connectivity index (χ3v) is 3.74. The van der Waals surface area contributed by atoms with Gasteiger partial charge in [-0.1, -0.05) is 18.2 Å². The Bertz CT molecular complexity index is 383. The van der Waals surface area contributed by atoms with Gasteiger partial charge in [-0.05, 0) is 44.2 Å². The van der Waals surface area contributed by atoms with Crippen molar-refractivity contribution in [3.8, 4) is 0 Å². The van der Waals surface area contributed by atoms with Crippen LogP contribution in [-0.4, -0.2) is 25.3 Å². The zero-order valence-corrected chi connectivity index (χ0v) is 11.2. The van der Waals surface area contributed by atoms with E-state index in [1.54, 1.807) is 13.2 Å². The molecule has 0 saturated heterocycles. The third kappa shape index (κ3) is 3.30. The van der Waals surface area contributed by atoms with Gasteiger partial charge in [0.2, 0.25) is 0 Å². The molecule has 1 N–H and O–H groups in total. The molecule has 1 saturated carbocycles. The van der Waals surface area contributed by atoms with Crippen molar-refractivity contribution in [2.24, 2.45) is 0 Å². The number of rotatable bonds is 5. The topological polar surface area (TPSA) is 21.3 Å². The second-order valence-corrected chi connectivity index (χ2v) is 5.17. The lowest BCUT2D eigenvalue weighted by molar-refractivity contribution is 0.0819. The Morgan fingerprint density at radius 2 is 2.17 bits per heavy atom. The van der Waals surface area contributed by atoms with Gasteiger partial charge < -0.3 is 10.1 Å². The minimum atomic E-state index is -0.110. The van der Waals surface area contributed by atoms with Crippen LogP contribution in [0.1, 0.15) is 31.7 Å². The summed E-state index contributed by atoms with van der Waals surface area (Å²) in [6.07, 6.45) is 4.52. The Hall–Kier alpha value is -0.930. The molecule has 1 aliphatic carbocycles. The van der Waals surface area contributed by atoms with Crippen LogP contribution in [0.2, 0.25) is 0 Å². The second kappa shape index (κ2) is 6.30. The maximum Gasteiger partial charge on any atom is 0.126 e. The van der Waals surface area contributed by atoms with Crippen LogP contribution in [0.4, 0.5) is 4.39 Å². The van der Waals surface area contributed by atoms with Crippen molar-refractivity contribution in [3.05, 3.63) is 35.6 Å². The number of ether oxygens (including phenoxy) is 1. The van der Waals surface area contributed by atoms with E-state index in [9.17, 15) is 4.39 Å². The normalized spacial score (nSPS) is 25.3. The number of methoxy groups -OCH3 is 1. The fourth-order valence-corrected chi connectivity index (χ4v) is 2.82. The molecule has 1 fully saturated rings. The molecule has 0 radical (unpaired) electrons. The Labute approximate surface area is 109 Å². The molecule has 1 aromatic carbocycles. The van der Waals surface area contributed by atoms with E-state index < -0.39 is 0 Å². The highest BCUT2D eigenvalue weighted by Crippen LogP contribution is 2.22. The van der Waals surface area contributed by atoms with Gasteiger partial charge in [0.15, 0.2) is 0 Å². The maximum absolute atomic E-state index is 13.6. The summed E-state index contributed by atoms with van der Waals surface area (Å²) in [5.74, 6) is -0.110. The fraction of sp³-hybridized carbons (Fsp3) is 0.600. The van der Waals surface area contributed by atoms with Crippen molar-refractivity contribution >= 4 is 0 Å². The summed E-state index contributed by atoms with van der Waals surface area (Å²) in [6.45, 7) is 2.11. The van der Waals surface area contributed by atoms with Crippen molar-refractivity contribution < 1.29 is 9.13 Å². The monoisotopic (exact) mass is 251 g/mol. The van der Waals surface area contributed by atoms with Gasteiger partial charge in [-0.15, -0.1) is 0 Å². The zero-order chi connectivity index (χ0) is 13.0. The highest BCUT2D eigenvalue weighted by molar-refractivity contribution is 5.18. The van der Waals surface area contributed by atoms with Gasteiger partial charge in [-0.3, -0.25) is 0 Å². The summed E-state index contributed by atoms with van der Waals surface area (Å²) in [6, 6.07) is 7.68. The molecule has 0 amide bonds. The predicted octanol–water partition coefficient (Wildman–Crippen LogP) is 2.91. The standard InChI is InChI=1S/C15H22FNO/c1-11(10-12-6-3-4-7-13(12)16)17-14-8-5-9-15(14)18-2/h3-4,6-7,11,14-15,17H,5,8-10H2,1-2H3. The van der Waals surface area contributed by atoms with E-state index in [0.717, 1.165) is 24.8 Å². The van der Waals surface area contributed by atoms with Gasteiger partial charge >= 0.3 is 0 Å². The van der Waals surface area contributed by atoms with Gasteiger partial charge in [-0.2, -0.15) is 0 Å². The predicted molar refractivity (Wildman–Crippen MR) is 71.1 cm³/mol. The van der Waals surface area contributed by atoms with Crippen LogP contribution in [0, 0.1) is 5.82 Å². The molecular weight excluding hydrogens is 229 g/mol. The number of benzene rings is 1. The van der Waals surface area contributed by atoms with Crippen molar-refractivity contribution in [1.29, 1.82) is 0 Å². The van der Waals surface area contributed by atoms with Gasteiger partial charge in [0.05, 0.1) is 6.10 Å². The van der Waals surface area contributed by atoms with E-state index in [4.69, 9.17) is 4.74 Å². The molecule has 3 unspecified atom stereocenters. The summed E-state index contributed by atoms with van der Waals surface area (Å²) in [4.78, 5) is 0. The number of hydrogen-bond donors (Lipinski definition) is 1. The molecular formula is C15H22FNO. The molecule has 0 bridgehead atoms. The molecule has 18 heavy (non-hydrogen) atoms. The highest BCUT2D eigenvalue weighted by Gasteiger charge is 2.27. The van der Waals surface area contributed by atoms with E-state index in [1.165, 1.54) is 12.5 Å². The minimum absolute atomic E-state index is 0.110. The summed E-state index contributed by atoms with van der Waals surface area (Å²) >= 11 is 0. The largest absolute Gasteiger partial charge is 0.380 e. The van der Waals surface area contributed by atoms with Crippen LogP contribution in [0.25, 0.3) is 0 Å². The molecule has 0 heterocycles. The first-order chi connectivity index (χ1) is 8.70. The first kappa shape index (κ1) is 13.5. The van der Waals surface area contributed by atoms with E-state index >= 15 is 0 Å². The molecule has 2 rings (SSSR count). The summed E-state index contributed by atoms with van der Waals surface area (Å²) in [7, 11) is 1.77. The van der Waals surface area contributed by atoms with E-state index in [-0.39, 0.29) is 11.9 Å². The van der Waals surface area contributed by atoms with Gasteiger partial charge in [0, 0.05) is 19.2 Å². The molecule has 100 valence electrons. The Morgan fingerprint density at radius 1 is 1.39 bits per heavy atom. The van der Waals surface area contributed by atoms with Crippen LogP contribution in [-0.2, 0) is 11.2 Å². The quantitative estimate of drug-likeness (QED) is 0.868. The fourth-order valence-electron chi connectivity index (χ4n) is 2.82. The van der Waals surface area contributed by atoms with E-state index in [1.807, 2.05) is 12.1 Å². The summed E-state index contributed by atoms with van der Waals surface area (Å²) in [5, 5.41) is 3.56.